The normalized spacial score (nSPS) is 12.5. The van der Waals surface area contributed by atoms with Crippen molar-refractivity contribution in [2.45, 2.75) is 25.4 Å². The molecule has 0 aliphatic carbocycles. The predicted molar refractivity (Wildman–Crippen MR) is 83.6 cm³/mol. The van der Waals surface area contributed by atoms with Crippen LogP contribution in [0, 0.1) is 0 Å². The molecule has 1 rings (SSSR count). The highest BCUT2D eigenvalue weighted by Crippen LogP contribution is 2.29. The van der Waals surface area contributed by atoms with Crippen LogP contribution in [0.5, 0.6) is 0 Å². The molecule has 0 aliphatic rings. The number of nitrogens with one attached hydrogen (secondary N) is 1. The van der Waals surface area contributed by atoms with Crippen LogP contribution >= 0.6 is 0 Å². The summed E-state index contributed by atoms with van der Waals surface area (Å²) in [6, 6.07) is 4.99. The molecule has 130 valence electrons. The minimum atomic E-state index is -4.34. The molecule has 0 heterocycles. The maximum atomic E-state index is 12.6. The molecule has 1 aromatic rings. The second-order valence-electron chi connectivity index (χ2n) is 5.00. The van der Waals surface area contributed by atoms with Crippen molar-refractivity contribution in [3.05, 3.63) is 35.4 Å². The molecule has 23 heavy (non-hydrogen) atoms. The van der Waals surface area contributed by atoms with Gasteiger partial charge in [0.25, 0.3) is 0 Å². The van der Waals surface area contributed by atoms with Crippen molar-refractivity contribution in [1.82, 2.24) is 5.32 Å². The van der Waals surface area contributed by atoms with Crippen LogP contribution < -0.4 is 5.32 Å². The number of unbranched alkanes of at least 4 members (excludes halogenated alkanes) is 1. The lowest BCUT2D eigenvalue weighted by Gasteiger charge is -2.10. The van der Waals surface area contributed by atoms with Gasteiger partial charge in [0.15, 0.2) is 0 Å². The topological polar surface area (TPSA) is 42.8 Å². The van der Waals surface area contributed by atoms with Crippen LogP contribution in [0.3, 0.4) is 0 Å². The Morgan fingerprint density at radius 2 is 1.83 bits per heavy atom. The van der Waals surface area contributed by atoms with Gasteiger partial charge in [-0.2, -0.15) is 13.2 Å². The quantitative estimate of drug-likeness (QED) is 0.405. The van der Waals surface area contributed by atoms with Gasteiger partial charge in [-0.15, -0.1) is 0 Å². The molecule has 0 saturated carbocycles. The molecule has 7 heteroatoms. The fraction of sp³-hybridized carbons (Fsp3) is 0.562. The van der Waals surface area contributed by atoms with Gasteiger partial charge in [0, 0.05) is 20.3 Å². The molecule has 4 nitrogen and oxygen atoms in total. The lowest BCUT2D eigenvalue weighted by Crippen LogP contribution is -2.13. The van der Waals surface area contributed by atoms with Gasteiger partial charge in [0.1, 0.15) is 6.61 Å². The summed E-state index contributed by atoms with van der Waals surface area (Å²) in [6.45, 7) is 1.69. The zero-order valence-corrected chi connectivity index (χ0v) is 13.4. The van der Waals surface area contributed by atoms with E-state index < -0.39 is 11.7 Å². The van der Waals surface area contributed by atoms with Crippen molar-refractivity contribution in [2.24, 2.45) is 5.16 Å². The smallest absolute Gasteiger partial charge is 0.394 e. The highest BCUT2D eigenvalue weighted by Gasteiger charge is 2.30. The number of hydrogen-bond acceptors (Lipinski definition) is 4. The third-order valence-corrected chi connectivity index (χ3v) is 3.18. The average Bonchev–Trinajstić information content (AvgIpc) is 2.53. The molecule has 0 saturated heterocycles. The van der Waals surface area contributed by atoms with Crippen molar-refractivity contribution >= 4 is 5.71 Å². The minimum absolute atomic E-state index is 0.401. The monoisotopic (exact) mass is 332 g/mol. The van der Waals surface area contributed by atoms with Crippen LogP contribution in [0.1, 0.15) is 30.4 Å². The number of methoxy groups -OCH3 is 1. The Morgan fingerprint density at radius 1 is 1.13 bits per heavy atom. The van der Waals surface area contributed by atoms with Gasteiger partial charge in [-0.25, -0.2) is 0 Å². The summed E-state index contributed by atoms with van der Waals surface area (Å²) in [5.74, 6) is 0. The van der Waals surface area contributed by atoms with E-state index in [1.165, 1.54) is 12.1 Å². The van der Waals surface area contributed by atoms with Crippen molar-refractivity contribution in [3.63, 3.8) is 0 Å². The van der Waals surface area contributed by atoms with Gasteiger partial charge < -0.3 is 14.9 Å². The molecule has 1 aromatic carbocycles. The van der Waals surface area contributed by atoms with E-state index in [9.17, 15) is 13.2 Å². The van der Waals surface area contributed by atoms with Crippen molar-refractivity contribution in [2.75, 3.05) is 33.9 Å². The van der Waals surface area contributed by atoms with E-state index in [-0.39, 0.29) is 0 Å². The first kappa shape index (κ1) is 19.4. The second-order valence-corrected chi connectivity index (χ2v) is 5.00. The molecule has 0 aromatic heterocycles. The van der Waals surface area contributed by atoms with Gasteiger partial charge in [-0.3, -0.25) is 0 Å². The van der Waals surface area contributed by atoms with Crippen molar-refractivity contribution in [3.8, 4) is 0 Å². The minimum Gasteiger partial charge on any atom is -0.394 e. The molecular weight excluding hydrogens is 309 g/mol. The van der Waals surface area contributed by atoms with E-state index in [1.54, 1.807) is 14.2 Å². The number of nitrogens with zero attached hydrogens (tertiary/aromatic N) is 1. The largest absolute Gasteiger partial charge is 0.416 e. The zero-order valence-electron chi connectivity index (χ0n) is 13.4. The average molecular weight is 332 g/mol. The Labute approximate surface area is 134 Å². The summed E-state index contributed by atoms with van der Waals surface area (Å²) >= 11 is 0. The fourth-order valence-corrected chi connectivity index (χ4v) is 1.90. The van der Waals surface area contributed by atoms with Crippen LogP contribution in [0.4, 0.5) is 13.2 Å². The lowest BCUT2D eigenvalue weighted by molar-refractivity contribution is -0.137. The van der Waals surface area contributed by atoms with Crippen LogP contribution in [-0.4, -0.2) is 39.6 Å². The molecule has 0 amide bonds. The van der Waals surface area contributed by atoms with E-state index in [1.807, 2.05) is 0 Å². The summed E-state index contributed by atoms with van der Waals surface area (Å²) in [5.41, 5.74) is 0.613. The molecular formula is C16H23F3N2O2. The first-order valence-corrected chi connectivity index (χ1v) is 7.49. The third kappa shape index (κ3) is 7.47. The first-order chi connectivity index (χ1) is 11.0. The Hall–Kier alpha value is -1.60. The van der Waals surface area contributed by atoms with Gasteiger partial charge in [0.2, 0.25) is 0 Å². The molecule has 0 unspecified atom stereocenters. The summed E-state index contributed by atoms with van der Waals surface area (Å²) < 4.78 is 42.9. The number of ether oxygens (including phenoxy) is 1. The molecule has 0 spiro atoms. The Balaban J connectivity index is 2.76. The number of likely N-dealkylation sites (N-methyl/N-ethyl adjacent to an activating group) is 1. The summed E-state index contributed by atoms with van der Waals surface area (Å²) in [7, 11) is 3.43. The number of oxime groups is 1. The highest BCUT2D eigenvalue weighted by molar-refractivity contribution is 6.00. The van der Waals surface area contributed by atoms with Gasteiger partial charge in [-0.05, 0) is 44.0 Å². The van der Waals surface area contributed by atoms with Gasteiger partial charge in [0.05, 0.1) is 11.3 Å². The maximum Gasteiger partial charge on any atom is 0.416 e. The number of hydrogen-bond donors (Lipinski definition) is 1. The molecule has 0 aliphatic heterocycles. The van der Waals surface area contributed by atoms with Crippen LogP contribution in [0.2, 0.25) is 0 Å². The summed E-state index contributed by atoms with van der Waals surface area (Å²) in [4.78, 5) is 5.22. The molecule has 1 N–H and O–H groups in total. The Kier molecular flexibility index (Phi) is 8.65. The summed E-state index contributed by atoms with van der Waals surface area (Å²) in [6.07, 6.45) is -2.04. The van der Waals surface area contributed by atoms with Crippen molar-refractivity contribution in [1.29, 1.82) is 0 Å². The number of rotatable bonds is 10. The van der Waals surface area contributed by atoms with E-state index >= 15 is 0 Å². The third-order valence-electron chi connectivity index (χ3n) is 3.18. The molecule has 0 radical (unpaired) electrons. The van der Waals surface area contributed by atoms with Crippen LogP contribution in [0.25, 0.3) is 0 Å². The van der Waals surface area contributed by atoms with Crippen LogP contribution in [0.15, 0.2) is 29.4 Å². The van der Waals surface area contributed by atoms with E-state index in [0.717, 1.165) is 25.0 Å². The van der Waals surface area contributed by atoms with E-state index in [0.29, 0.717) is 37.5 Å². The first-order valence-electron chi connectivity index (χ1n) is 7.49. The SMILES string of the molecule is CNCCO/N=C(\CCCCOC)c1ccc(C(F)(F)F)cc1. The Bertz CT molecular complexity index is 473. The number of benzene rings is 1. The maximum absolute atomic E-state index is 12.6. The standard InChI is InChI=1S/C16H23F3N2O2/c1-20-10-12-23-21-15(5-3-4-11-22-2)13-6-8-14(9-7-13)16(17,18)19/h6-9,20H,3-5,10-12H2,1-2H3/b21-15+. The van der Waals surface area contributed by atoms with Gasteiger partial charge >= 0.3 is 6.18 Å². The lowest BCUT2D eigenvalue weighted by atomic mass is 10.0. The second kappa shape index (κ2) is 10.2. The number of halogens is 3. The fourth-order valence-electron chi connectivity index (χ4n) is 1.90. The molecule has 0 bridgehead atoms. The van der Waals surface area contributed by atoms with Crippen LogP contribution in [-0.2, 0) is 15.8 Å². The summed E-state index contributed by atoms with van der Waals surface area (Å²) in [5, 5.41) is 7.00. The zero-order chi connectivity index (χ0) is 17.1. The molecule has 0 fully saturated rings. The highest BCUT2D eigenvalue weighted by atomic mass is 19.4. The van der Waals surface area contributed by atoms with E-state index in [4.69, 9.17) is 9.57 Å². The van der Waals surface area contributed by atoms with Crippen molar-refractivity contribution < 1.29 is 22.7 Å². The number of alkyl halides is 3. The Morgan fingerprint density at radius 3 is 2.39 bits per heavy atom. The van der Waals surface area contributed by atoms with Gasteiger partial charge in [-0.1, -0.05) is 17.3 Å². The molecule has 0 atom stereocenters. The van der Waals surface area contributed by atoms with E-state index in [2.05, 4.69) is 10.5 Å². The predicted octanol–water partition coefficient (Wildman–Crippen LogP) is 3.46.